The third-order valence-corrected chi connectivity index (χ3v) is 7.84. The Bertz CT molecular complexity index is 1390. The summed E-state index contributed by atoms with van der Waals surface area (Å²) in [6.07, 6.45) is 3.59. The molecular weight excluding hydrogens is 504 g/mol. The summed E-state index contributed by atoms with van der Waals surface area (Å²) in [7, 11) is 0. The molecule has 2 fully saturated rings. The quantitative estimate of drug-likeness (QED) is 0.397. The lowest BCUT2D eigenvalue weighted by molar-refractivity contribution is -0.138. The molecule has 212 valence electrons. The van der Waals surface area contributed by atoms with Gasteiger partial charge in [-0.2, -0.15) is 5.10 Å². The Morgan fingerprint density at radius 3 is 2.27 bits per heavy atom. The maximum absolute atomic E-state index is 13.0. The van der Waals surface area contributed by atoms with E-state index in [2.05, 4.69) is 43.3 Å². The van der Waals surface area contributed by atoms with Crippen LogP contribution in [0.25, 0.3) is 5.69 Å². The topological polar surface area (TPSA) is 101 Å². The fraction of sp³-hybridized carbons (Fsp3) is 0.484. The number of anilines is 2. The van der Waals surface area contributed by atoms with Gasteiger partial charge in [-0.15, -0.1) is 0 Å². The number of carbonyl (C=O) groups excluding carboxylic acids is 2. The summed E-state index contributed by atoms with van der Waals surface area (Å²) in [5.41, 5.74) is 3.84. The van der Waals surface area contributed by atoms with Crippen molar-refractivity contribution in [2.75, 3.05) is 23.7 Å². The second-order valence-electron chi connectivity index (χ2n) is 12.4. The minimum Gasteiger partial charge on any atom is -0.474 e. The molecule has 1 saturated heterocycles. The number of benzene rings is 1. The summed E-state index contributed by atoms with van der Waals surface area (Å²) in [6.45, 7) is 13.6. The monoisotopic (exact) mass is 544 g/mol. The maximum Gasteiger partial charge on any atom is 0.324 e. The standard InChI is InChI=1S/C31H40N6O3/c1-20-7-9-22(10-8-20)37-26(19-25(35-37)30(3,4)5)34-29(39)33-24-11-12-27(32-21(24)2)40-23-13-17-36(18-14-23)28(38)31(6)15-16-31/h7-12,19,23H,13-18H2,1-6H3,(H2,33,34,39). The molecule has 3 aromatic rings. The van der Waals surface area contributed by atoms with Crippen LogP contribution in [0.4, 0.5) is 16.3 Å². The van der Waals surface area contributed by atoms with Gasteiger partial charge in [-0.05, 0) is 44.9 Å². The highest BCUT2D eigenvalue weighted by Gasteiger charge is 2.47. The fourth-order valence-corrected chi connectivity index (χ4v) is 4.86. The molecule has 40 heavy (non-hydrogen) atoms. The summed E-state index contributed by atoms with van der Waals surface area (Å²) >= 11 is 0. The molecule has 3 amide bonds. The van der Waals surface area contributed by atoms with Crippen LogP contribution in [-0.2, 0) is 10.2 Å². The molecule has 0 atom stereocenters. The minimum absolute atomic E-state index is 0.0177. The van der Waals surface area contributed by atoms with E-state index in [4.69, 9.17) is 9.84 Å². The van der Waals surface area contributed by atoms with Gasteiger partial charge in [0, 0.05) is 48.9 Å². The second kappa shape index (κ2) is 10.6. The van der Waals surface area contributed by atoms with Gasteiger partial charge in [0.05, 0.1) is 22.8 Å². The van der Waals surface area contributed by atoms with Crippen molar-refractivity contribution >= 4 is 23.4 Å². The van der Waals surface area contributed by atoms with Crippen molar-refractivity contribution < 1.29 is 14.3 Å². The first kappa shape index (κ1) is 27.7. The molecule has 2 aliphatic rings. The molecule has 0 bridgehead atoms. The first-order chi connectivity index (χ1) is 18.9. The normalized spacial score (nSPS) is 16.9. The molecule has 9 nitrogen and oxygen atoms in total. The number of likely N-dealkylation sites (tertiary alicyclic amines) is 1. The van der Waals surface area contributed by atoms with Gasteiger partial charge in [-0.25, -0.2) is 14.5 Å². The molecule has 0 radical (unpaired) electrons. The third kappa shape index (κ3) is 6.13. The van der Waals surface area contributed by atoms with E-state index >= 15 is 0 Å². The van der Waals surface area contributed by atoms with E-state index in [1.54, 1.807) is 10.7 Å². The number of nitrogens with one attached hydrogen (secondary N) is 2. The molecule has 1 saturated carbocycles. The second-order valence-corrected chi connectivity index (χ2v) is 12.4. The number of rotatable bonds is 6. The van der Waals surface area contributed by atoms with Crippen molar-refractivity contribution in [3.63, 3.8) is 0 Å². The lowest BCUT2D eigenvalue weighted by Crippen LogP contribution is -2.44. The molecule has 5 rings (SSSR count). The average Bonchev–Trinajstić information content (AvgIpc) is 3.51. The largest absolute Gasteiger partial charge is 0.474 e. The van der Waals surface area contributed by atoms with E-state index in [0.29, 0.717) is 36.2 Å². The number of amides is 3. The lowest BCUT2D eigenvalue weighted by atomic mass is 9.92. The van der Waals surface area contributed by atoms with Gasteiger partial charge in [0.15, 0.2) is 0 Å². The van der Waals surface area contributed by atoms with Gasteiger partial charge in [0.25, 0.3) is 0 Å². The van der Waals surface area contributed by atoms with E-state index < -0.39 is 0 Å². The number of nitrogens with zero attached hydrogens (tertiary/aromatic N) is 4. The molecule has 1 aliphatic heterocycles. The molecule has 9 heteroatoms. The Balaban J connectivity index is 1.21. The number of carbonyl (C=O) groups is 2. The fourth-order valence-electron chi connectivity index (χ4n) is 4.86. The summed E-state index contributed by atoms with van der Waals surface area (Å²) in [5.74, 6) is 1.39. The van der Waals surface area contributed by atoms with Crippen LogP contribution in [0.15, 0.2) is 42.5 Å². The first-order valence-corrected chi connectivity index (χ1v) is 14.1. The van der Waals surface area contributed by atoms with E-state index in [-0.39, 0.29) is 28.9 Å². The van der Waals surface area contributed by atoms with Gasteiger partial charge in [-0.1, -0.05) is 45.4 Å². The van der Waals surface area contributed by atoms with Gasteiger partial charge >= 0.3 is 6.03 Å². The molecule has 2 aromatic heterocycles. The van der Waals surface area contributed by atoms with Crippen LogP contribution in [-0.4, -0.2) is 50.8 Å². The van der Waals surface area contributed by atoms with Crippen molar-refractivity contribution in [3.05, 3.63) is 59.4 Å². The number of aryl methyl sites for hydroxylation is 2. The van der Waals surface area contributed by atoms with Crippen LogP contribution < -0.4 is 15.4 Å². The number of piperidine rings is 1. The molecule has 1 aliphatic carbocycles. The summed E-state index contributed by atoms with van der Waals surface area (Å²) in [5, 5.41) is 10.6. The number of pyridine rings is 1. The molecular formula is C31H40N6O3. The summed E-state index contributed by atoms with van der Waals surface area (Å²) in [6, 6.07) is 13.1. The van der Waals surface area contributed by atoms with Crippen LogP contribution in [0, 0.1) is 19.3 Å². The zero-order valence-electron chi connectivity index (χ0n) is 24.4. The van der Waals surface area contributed by atoms with E-state index in [0.717, 1.165) is 42.6 Å². The molecule has 2 N–H and O–H groups in total. The number of hydrogen-bond acceptors (Lipinski definition) is 5. The number of aromatic nitrogens is 3. The van der Waals surface area contributed by atoms with E-state index in [1.165, 1.54) is 0 Å². The SMILES string of the molecule is Cc1ccc(-n2nc(C(C)(C)C)cc2NC(=O)Nc2ccc(OC3CCN(C(=O)C4(C)CC4)CC3)nc2C)cc1. The molecule has 0 spiro atoms. The number of ether oxygens (including phenoxy) is 1. The summed E-state index contributed by atoms with van der Waals surface area (Å²) in [4.78, 5) is 32.2. The van der Waals surface area contributed by atoms with Crippen molar-refractivity contribution in [2.24, 2.45) is 5.41 Å². The Hall–Kier alpha value is -3.88. The van der Waals surface area contributed by atoms with Crippen molar-refractivity contribution in [1.29, 1.82) is 0 Å². The van der Waals surface area contributed by atoms with Crippen LogP contribution in [0.3, 0.4) is 0 Å². The highest BCUT2D eigenvalue weighted by molar-refractivity contribution is 5.99. The predicted octanol–water partition coefficient (Wildman–Crippen LogP) is 6.00. The van der Waals surface area contributed by atoms with Gasteiger partial charge in [0.1, 0.15) is 11.9 Å². The lowest BCUT2D eigenvalue weighted by Gasteiger charge is -2.33. The Kier molecular flexibility index (Phi) is 7.33. The van der Waals surface area contributed by atoms with Crippen LogP contribution >= 0.6 is 0 Å². The Morgan fingerprint density at radius 1 is 1.00 bits per heavy atom. The highest BCUT2D eigenvalue weighted by atomic mass is 16.5. The van der Waals surface area contributed by atoms with Gasteiger partial charge < -0.3 is 15.0 Å². The highest BCUT2D eigenvalue weighted by Crippen LogP contribution is 2.46. The zero-order chi connectivity index (χ0) is 28.7. The summed E-state index contributed by atoms with van der Waals surface area (Å²) < 4.78 is 7.90. The smallest absolute Gasteiger partial charge is 0.324 e. The van der Waals surface area contributed by atoms with Gasteiger partial charge in [0.2, 0.25) is 11.8 Å². The molecule has 3 heterocycles. The minimum atomic E-state index is -0.381. The predicted molar refractivity (Wildman–Crippen MR) is 156 cm³/mol. The van der Waals surface area contributed by atoms with Crippen LogP contribution in [0.1, 0.15) is 70.3 Å². The van der Waals surface area contributed by atoms with E-state index in [1.807, 2.05) is 55.1 Å². The van der Waals surface area contributed by atoms with Crippen molar-refractivity contribution in [2.45, 2.75) is 78.7 Å². The van der Waals surface area contributed by atoms with E-state index in [9.17, 15) is 9.59 Å². The molecule has 1 aromatic carbocycles. The first-order valence-electron chi connectivity index (χ1n) is 14.1. The Labute approximate surface area is 236 Å². The number of urea groups is 1. The molecule has 0 unspecified atom stereocenters. The third-order valence-electron chi connectivity index (χ3n) is 7.84. The van der Waals surface area contributed by atoms with Gasteiger partial charge in [-0.3, -0.25) is 10.1 Å². The average molecular weight is 545 g/mol. The van der Waals surface area contributed by atoms with Crippen molar-refractivity contribution in [1.82, 2.24) is 19.7 Å². The zero-order valence-corrected chi connectivity index (χ0v) is 24.4. The Morgan fingerprint density at radius 2 is 1.68 bits per heavy atom. The van der Waals surface area contributed by atoms with Crippen LogP contribution in [0.2, 0.25) is 0 Å². The van der Waals surface area contributed by atoms with Crippen LogP contribution in [0.5, 0.6) is 5.88 Å². The van der Waals surface area contributed by atoms with Crippen molar-refractivity contribution in [3.8, 4) is 11.6 Å². The number of hydrogen-bond donors (Lipinski definition) is 2. The maximum atomic E-state index is 13.0.